The number of hydrogen-bond donors (Lipinski definition) is 1. The molecule has 3 heteroatoms. The van der Waals surface area contributed by atoms with Gasteiger partial charge in [0.1, 0.15) is 0 Å². The molecule has 0 amide bonds. The van der Waals surface area contributed by atoms with E-state index in [9.17, 15) is 0 Å². The van der Waals surface area contributed by atoms with Crippen molar-refractivity contribution in [2.45, 2.75) is 33.2 Å². The summed E-state index contributed by atoms with van der Waals surface area (Å²) in [5, 5.41) is 4.39. The highest BCUT2D eigenvalue weighted by Gasteiger charge is 2.06. The van der Waals surface area contributed by atoms with Crippen LogP contribution >= 0.6 is 11.6 Å². The molecule has 0 aromatic heterocycles. The van der Waals surface area contributed by atoms with Gasteiger partial charge in [-0.15, -0.1) is 0 Å². The fourth-order valence-corrected chi connectivity index (χ4v) is 2.30. The number of rotatable bonds is 8. The van der Waals surface area contributed by atoms with Crippen molar-refractivity contribution < 1.29 is 0 Å². The molecule has 0 bridgehead atoms. The maximum atomic E-state index is 5.97. The van der Waals surface area contributed by atoms with Gasteiger partial charge in [-0.05, 0) is 50.7 Å². The van der Waals surface area contributed by atoms with Crippen LogP contribution in [0.4, 0.5) is 0 Å². The Hall–Kier alpha value is -0.570. The van der Waals surface area contributed by atoms with Crippen LogP contribution in [-0.2, 0) is 6.42 Å². The Morgan fingerprint density at radius 2 is 2.00 bits per heavy atom. The fourth-order valence-electron chi connectivity index (χ4n) is 2.09. The van der Waals surface area contributed by atoms with Gasteiger partial charge >= 0.3 is 0 Å². The summed E-state index contributed by atoms with van der Waals surface area (Å²) in [5.41, 5.74) is 1.30. The summed E-state index contributed by atoms with van der Waals surface area (Å²) in [5.74, 6) is 0. The second-order valence-electron chi connectivity index (χ2n) is 4.72. The van der Waals surface area contributed by atoms with Crippen molar-refractivity contribution in [2.24, 2.45) is 0 Å². The van der Waals surface area contributed by atoms with Gasteiger partial charge in [0.15, 0.2) is 0 Å². The Morgan fingerprint density at radius 3 is 2.61 bits per heavy atom. The normalized spacial score (nSPS) is 12.9. The van der Waals surface area contributed by atoms with Crippen molar-refractivity contribution in [3.63, 3.8) is 0 Å². The molecule has 102 valence electrons. The van der Waals surface area contributed by atoms with Crippen LogP contribution in [0.25, 0.3) is 0 Å². The van der Waals surface area contributed by atoms with E-state index in [-0.39, 0.29) is 0 Å². The lowest BCUT2D eigenvalue weighted by Crippen LogP contribution is -2.39. The van der Waals surface area contributed by atoms with E-state index in [2.05, 4.69) is 37.1 Å². The monoisotopic (exact) mass is 268 g/mol. The number of nitrogens with one attached hydrogen (secondary N) is 1. The summed E-state index contributed by atoms with van der Waals surface area (Å²) < 4.78 is 0. The molecule has 18 heavy (non-hydrogen) atoms. The van der Waals surface area contributed by atoms with Gasteiger partial charge in [0.25, 0.3) is 0 Å². The van der Waals surface area contributed by atoms with Gasteiger partial charge in [0, 0.05) is 17.6 Å². The highest BCUT2D eigenvalue weighted by Crippen LogP contribution is 2.10. The molecular weight excluding hydrogens is 244 g/mol. The molecule has 0 fully saturated rings. The van der Waals surface area contributed by atoms with Gasteiger partial charge in [0.2, 0.25) is 0 Å². The highest BCUT2D eigenvalue weighted by atomic mass is 35.5. The lowest BCUT2D eigenvalue weighted by molar-refractivity contribution is 0.272. The van der Waals surface area contributed by atoms with Crippen molar-refractivity contribution in [3.8, 4) is 0 Å². The number of likely N-dealkylation sites (N-methyl/N-ethyl adjacent to an activating group) is 1. The fraction of sp³-hybridized carbons (Fsp3) is 0.600. The molecule has 1 unspecified atom stereocenters. The van der Waals surface area contributed by atoms with Crippen LogP contribution < -0.4 is 5.32 Å². The minimum Gasteiger partial charge on any atom is -0.313 e. The molecule has 0 spiro atoms. The first-order valence-electron chi connectivity index (χ1n) is 6.85. The SMILES string of the molecule is CCN(CC)CC(C)NCCc1cccc(Cl)c1. The third-order valence-electron chi connectivity index (χ3n) is 3.22. The average Bonchev–Trinajstić information content (AvgIpc) is 2.36. The highest BCUT2D eigenvalue weighted by molar-refractivity contribution is 6.30. The molecule has 0 aliphatic heterocycles. The van der Waals surface area contributed by atoms with Crippen LogP contribution in [-0.4, -0.2) is 37.1 Å². The first-order valence-corrected chi connectivity index (χ1v) is 7.23. The zero-order chi connectivity index (χ0) is 13.4. The minimum atomic E-state index is 0.532. The first-order chi connectivity index (χ1) is 8.65. The summed E-state index contributed by atoms with van der Waals surface area (Å²) in [6.45, 7) is 11.0. The van der Waals surface area contributed by atoms with Gasteiger partial charge in [-0.25, -0.2) is 0 Å². The van der Waals surface area contributed by atoms with Crippen LogP contribution in [0.15, 0.2) is 24.3 Å². The smallest absolute Gasteiger partial charge is 0.0408 e. The van der Waals surface area contributed by atoms with E-state index in [0.29, 0.717) is 6.04 Å². The molecule has 0 aliphatic rings. The summed E-state index contributed by atoms with van der Waals surface area (Å²) in [6, 6.07) is 8.63. The quantitative estimate of drug-likeness (QED) is 0.779. The van der Waals surface area contributed by atoms with E-state index in [1.165, 1.54) is 5.56 Å². The van der Waals surface area contributed by atoms with Crippen LogP contribution in [0.3, 0.4) is 0 Å². The van der Waals surface area contributed by atoms with E-state index < -0.39 is 0 Å². The van der Waals surface area contributed by atoms with E-state index in [4.69, 9.17) is 11.6 Å². The number of hydrogen-bond acceptors (Lipinski definition) is 2. The third-order valence-corrected chi connectivity index (χ3v) is 3.46. The lowest BCUT2D eigenvalue weighted by Gasteiger charge is -2.23. The number of nitrogens with zero attached hydrogens (tertiary/aromatic N) is 1. The maximum Gasteiger partial charge on any atom is 0.0408 e. The largest absolute Gasteiger partial charge is 0.313 e. The topological polar surface area (TPSA) is 15.3 Å². The third kappa shape index (κ3) is 5.85. The molecular formula is C15H25ClN2. The molecule has 1 rings (SSSR count). The van der Waals surface area contributed by atoms with Crippen molar-refractivity contribution in [2.75, 3.05) is 26.2 Å². The van der Waals surface area contributed by atoms with Crippen molar-refractivity contribution in [3.05, 3.63) is 34.9 Å². The number of halogens is 1. The van der Waals surface area contributed by atoms with Crippen LogP contribution in [0, 0.1) is 0 Å². The maximum absolute atomic E-state index is 5.97. The van der Waals surface area contributed by atoms with E-state index in [0.717, 1.165) is 37.6 Å². The summed E-state index contributed by atoms with van der Waals surface area (Å²) in [7, 11) is 0. The van der Waals surface area contributed by atoms with Crippen LogP contribution in [0.1, 0.15) is 26.3 Å². The summed E-state index contributed by atoms with van der Waals surface area (Å²) in [6.07, 6.45) is 1.03. The lowest BCUT2D eigenvalue weighted by atomic mass is 10.1. The molecule has 1 aromatic rings. The standard InChI is InChI=1S/C15H25ClN2/c1-4-18(5-2)12-13(3)17-10-9-14-7-6-8-15(16)11-14/h6-8,11,13,17H,4-5,9-10,12H2,1-3H3. The molecule has 0 aliphatic carbocycles. The van der Waals surface area contributed by atoms with Gasteiger partial charge in [-0.2, -0.15) is 0 Å². The summed E-state index contributed by atoms with van der Waals surface area (Å²) >= 11 is 5.97. The molecule has 2 nitrogen and oxygen atoms in total. The van der Waals surface area contributed by atoms with Gasteiger partial charge in [0.05, 0.1) is 0 Å². The van der Waals surface area contributed by atoms with E-state index >= 15 is 0 Å². The molecule has 1 atom stereocenters. The Labute approximate surface area is 116 Å². The van der Waals surface area contributed by atoms with Gasteiger partial charge in [-0.3, -0.25) is 0 Å². The van der Waals surface area contributed by atoms with Crippen LogP contribution in [0.2, 0.25) is 5.02 Å². The predicted molar refractivity (Wildman–Crippen MR) is 80.4 cm³/mol. The Kier molecular flexibility index (Phi) is 7.33. The van der Waals surface area contributed by atoms with Crippen molar-refractivity contribution >= 4 is 11.6 Å². The predicted octanol–water partition coefficient (Wildman–Crippen LogP) is 3.20. The van der Waals surface area contributed by atoms with Gasteiger partial charge in [-0.1, -0.05) is 37.6 Å². The zero-order valence-electron chi connectivity index (χ0n) is 11.7. The Morgan fingerprint density at radius 1 is 1.28 bits per heavy atom. The Bertz CT molecular complexity index is 337. The molecule has 0 heterocycles. The molecule has 1 N–H and O–H groups in total. The van der Waals surface area contributed by atoms with E-state index in [1.807, 2.05) is 18.2 Å². The molecule has 0 radical (unpaired) electrons. The first kappa shape index (κ1) is 15.5. The number of benzene rings is 1. The Balaban J connectivity index is 2.25. The molecule has 0 saturated heterocycles. The van der Waals surface area contributed by atoms with E-state index in [1.54, 1.807) is 0 Å². The van der Waals surface area contributed by atoms with Crippen molar-refractivity contribution in [1.82, 2.24) is 10.2 Å². The second-order valence-corrected chi connectivity index (χ2v) is 5.16. The van der Waals surface area contributed by atoms with Gasteiger partial charge < -0.3 is 10.2 Å². The minimum absolute atomic E-state index is 0.532. The summed E-state index contributed by atoms with van der Waals surface area (Å²) in [4.78, 5) is 2.44. The zero-order valence-corrected chi connectivity index (χ0v) is 12.5. The molecule has 0 saturated carbocycles. The molecule has 1 aromatic carbocycles. The second kappa shape index (κ2) is 8.52. The average molecular weight is 269 g/mol. The van der Waals surface area contributed by atoms with Crippen LogP contribution in [0.5, 0.6) is 0 Å². The van der Waals surface area contributed by atoms with Crippen molar-refractivity contribution in [1.29, 1.82) is 0 Å².